The molecule has 3 aromatic carbocycles. The van der Waals surface area contributed by atoms with Gasteiger partial charge in [0.15, 0.2) is 11.5 Å². The number of hydrogen-bond acceptors (Lipinski definition) is 5. The lowest BCUT2D eigenvalue weighted by Gasteiger charge is -2.14. The largest absolute Gasteiger partial charge is 0.493 e. The first-order valence-corrected chi connectivity index (χ1v) is 9.72. The Labute approximate surface area is 181 Å². The Kier molecular flexibility index (Phi) is 5.71. The summed E-state index contributed by atoms with van der Waals surface area (Å²) in [7, 11) is 4.66. The van der Waals surface area contributed by atoms with Crippen LogP contribution in [0.15, 0.2) is 83.5 Å². The Morgan fingerprint density at radius 1 is 0.806 bits per heavy atom. The summed E-state index contributed by atoms with van der Waals surface area (Å²) in [5.74, 6) is 1.25. The van der Waals surface area contributed by atoms with Gasteiger partial charge in [-0.25, -0.2) is 0 Å². The molecule has 0 aromatic heterocycles. The Morgan fingerprint density at radius 3 is 1.94 bits per heavy atom. The van der Waals surface area contributed by atoms with Crippen molar-refractivity contribution >= 4 is 23.4 Å². The maximum atomic E-state index is 13.4. The maximum absolute atomic E-state index is 13.4. The highest BCUT2D eigenvalue weighted by atomic mass is 16.5. The minimum absolute atomic E-state index is 0.209. The summed E-state index contributed by atoms with van der Waals surface area (Å²) in [6.07, 6.45) is 1.84. The quantitative estimate of drug-likeness (QED) is 0.556. The van der Waals surface area contributed by atoms with Crippen molar-refractivity contribution in [3.8, 4) is 17.2 Å². The number of nitrogens with zero attached hydrogens (tertiary/aromatic N) is 2. The van der Waals surface area contributed by atoms with E-state index in [1.54, 1.807) is 33.5 Å². The highest BCUT2D eigenvalue weighted by Crippen LogP contribution is 2.40. The second kappa shape index (κ2) is 8.75. The van der Waals surface area contributed by atoms with Crippen molar-refractivity contribution in [3.05, 3.63) is 89.5 Å². The van der Waals surface area contributed by atoms with Crippen LogP contribution in [0.4, 0.5) is 5.69 Å². The fourth-order valence-corrected chi connectivity index (χ4v) is 3.44. The minimum atomic E-state index is -0.209. The molecular weight excluding hydrogens is 392 g/mol. The van der Waals surface area contributed by atoms with Gasteiger partial charge in [0.05, 0.1) is 32.6 Å². The summed E-state index contributed by atoms with van der Waals surface area (Å²) in [5.41, 5.74) is 3.28. The number of hydrazone groups is 1. The van der Waals surface area contributed by atoms with Gasteiger partial charge in [-0.15, -0.1) is 0 Å². The van der Waals surface area contributed by atoms with Crippen molar-refractivity contribution in [1.29, 1.82) is 0 Å². The molecule has 0 saturated carbocycles. The summed E-state index contributed by atoms with van der Waals surface area (Å²) in [4.78, 5) is 13.4. The topological polar surface area (TPSA) is 60.4 Å². The third-order valence-electron chi connectivity index (χ3n) is 4.93. The van der Waals surface area contributed by atoms with E-state index in [0.717, 1.165) is 5.56 Å². The summed E-state index contributed by atoms with van der Waals surface area (Å²) < 4.78 is 16.4. The highest BCUT2D eigenvalue weighted by Gasteiger charge is 2.33. The number of methoxy groups -OCH3 is 3. The predicted octanol–water partition coefficient (Wildman–Crippen LogP) is 4.55. The van der Waals surface area contributed by atoms with E-state index >= 15 is 0 Å². The van der Waals surface area contributed by atoms with Crippen molar-refractivity contribution in [2.45, 2.75) is 0 Å². The van der Waals surface area contributed by atoms with Crippen LogP contribution in [0.5, 0.6) is 17.2 Å². The van der Waals surface area contributed by atoms with Gasteiger partial charge in [0.1, 0.15) is 5.71 Å². The molecule has 1 heterocycles. The van der Waals surface area contributed by atoms with Crippen LogP contribution in [-0.2, 0) is 4.79 Å². The van der Waals surface area contributed by atoms with E-state index in [4.69, 9.17) is 14.2 Å². The fourth-order valence-electron chi connectivity index (χ4n) is 3.44. The van der Waals surface area contributed by atoms with Crippen molar-refractivity contribution < 1.29 is 19.0 Å². The van der Waals surface area contributed by atoms with Crippen LogP contribution < -0.4 is 19.2 Å². The van der Waals surface area contributed by atoms with E-state index in [1.165, 1.54) is 5.01 Å². The van der Waals surface area contributed by atoms with E-state index in [9.17, 15) is 4.79 Å². The molecular formula is C25H22N2O4. The number of carbonyl (C=O) groups is 1. The van der Waals surface area contributed by atoms with Gasteiger partial charge in [0.25, 0.3) is 5.91 Å². The van der Waals surface area contributed by atoms with Gasteiger partial charge in [-0.05, 0) is 35.9 Å². The second-order valence-electron chi connectivity index (χ2n) is 6.78. The standard InChI is InChI=1S/C25H22N2O4/c1-29-21-15-18(16-22(30-2)24(21)31-3)23-20(14-17-10-6-4-7-11-17)25(28)27(26-23)19-12-8-5-9-13-19/h4-16H,1-3H3. The van der Waals surface area contributed by atoms with Crippen molar-refractivity contribution in [2.24, 2.45) is 5.10 Å². The van der Waals surface area contributed by atoms with Crippen molar-refractivity contribution in [2.75, 3.05) is 26.3 Å². The summed E-state index contributed by atoms with van der Waals surface area (Å²) >= 11 is 0. The molecule has 0 bridgehead atoms. The van der Waals surface area contributed by atoms with Gasteiger partial charge in [-0.3, -0.25) is 4.79 Å². The summed E-state index contributed by atoms with van der Waals surface area (Å²) in [6, 6.07) is 22.6. The van der Waals surface area contributed by atoms with Gasteiger partial charge in [-0.2, -0.15) is 10.1 Å². The molecule has 0 radical (unpaired) electrons. The zero-order valence-electron chi connectivity index (χ0n) is 17.5. The molecule has 0 unspecified atom stereocenters. The fraction of sp³-hybridized carbons (Fsp3) is 0.120. The van der Waals surface area contributed by atoms with Crippen LogP contribution in [0, 0.1) is 0 Å². The predicted molar refractivity (Wildman–Crippen MR) is 121 cm³/mol. The Hall–Kier alpha value is -4.06. The van der Waals surface area contributed by atoms with Gasteiger partial charge >= 0.3 is 0 Å². The minimum Gasteiger partial charge on any atom is -0.493 e. The van der Waals surface area contributed by atoms with E-state index in [0.29, 0.717) is 39.8 Å². The van der Waals surface area contributed by atoms with E-state index in [1.807, 2.05) is 66.7 Å². The molecule has 0 atom stereocenters. The number of benzene rings is 3. The van der Waals surface area contributed by atoms with Crippen molar-refractivity contribution in [3.63, 3.8) is 0 Å². The molecule has 0 fully saturated rings. The molecule has 1 aliphatic rings. The van der Waals surface area contributed by atoms with Crippen LogP contribution in [0.2, 0.25) is 0 Å². The van der Waals surface area contributed by atoms with E-state index in [-0.39, 0.29) is 5.91 Å². The molecule has 0 spiro atoms. The molecule has 3 aromatic rings. The number of hydrogen-bond donors (Lipinski definition) is 0. The average molecular weight is 414 g/mol. The maximum Gasteiger partial charge on any atom is 0.281 e. The Balaban J connectivity index is 1.89. The zero-order valence-corrected chi connectivity index (χ0v) is 17.5. The van der Waals surface area contributed by atoms with Gasteiger partial charge < -0.3 is 14.2 Å². The first-order valence-electron chi connectivity index (χ1n) is 9.72. The first kappa shape index (κ1) is 20.2. The number of amides is 1. The lowest BCUT2D eigenvalue weighted by Crippen LogP contribution is -2.21. The van der Waals surface area contributed by atoms with Gasteiger partial charge in [0, 0.05) is 5.56 Å². The lowest BCUT2D eigenvalue weighted by atomic mass is 9.99. The molecule has 0 aliphatic carbocycles. The third kappa shape index (κ3) is 3.88. The first-order chi connectivity index (χ1) is 15.2. The molecule has 1 amide bonds. The highest BCUT2D eigenvalue weighted by molar-refractivity contribution is 6.37. The summed E-state index contributed by atoms with van der Waals surface area (Å²) in [5, 5.41) is 6.08. The monoisotopic (exact) mass is 414 g/mol. The van der Waals surface area contributed by atoms with Crippen LogP contribution in [-0.4, -0.2) is 32.9 Å². The number of para-hydroxylation sites is 1. The normalized spacial score (nSPS) is 14.5. The molecule has 31 heavy (non-hydrogen) atoms. The SMILES string of the molecule is COc1cc(C2=NN(c3ccccc3)C(=O)C2=Cc2ccccc2)cc(OC)c1OC. The number of ether oxygens (including phenoxy) is 3. The Bertz CT molecular complexity index is 1130. The molecule has 156 valence electrons. The molecule has 6 nitrogen and oxygen atoms in total. The number of carbonyl (C=O) groups excluding carboxylic acids is 1. The van der Waals surface area contributed by atoms with Gasteiger partial charge in [0.2, 0.25) is 5.75 Å². The zero-order chi connectivity index (χ0) is 21.8. The number of anilines is 1. The van der Waals surface area contributed by atoms with Crippen molar-refractivity contribution in [1.82, 2.24) is 0 Å². The number of rotatable bonds is 6. The Morgan fingerprint density at radius 2 is 1.39 bits per heavy atom. The van der Waals surface area contributed by atoms with Crippen LogP contribution in [0.1, 0.15) is 11.1 Å². The molecule has 4 rings (SSSR count). The molecule has 1 aliphatic heterocycles. The van der Waals surface area contributed by atoms with Gasteiger partial charge in [-0.1, -0.05) is 48.5 Å². The van der Waals surface area contributed by atoms with Crippen LogP contribution in [0.3, 0.4) is 0 Å². The lowest BCUT2D eigenvalue weighted by molar-refractivity contribution is -0.114. The van der Waals surface area contributed by atoms with Crippen LogP contribution >= 0.6 is 0 Å². The molecule has 0 saturated heterocycles. The van der Waals surface area contributed by atoms with Crippen LogP contribution in [0.25, 0.3) is 6.08 Å². The third-order valence-corrected chi connectivity index (χ3v) is 4.93. The summed E-state index contributed by atoms with van der Waals surface area (Å²) in [6.45, 7) is 0. The molecule has 6 heteroatoms. The smallest absolute Gasteiger partial charge is 0.281 e. The van der Waals surface area contributed by atoms with E-state index < -0.39 is 0 Å². The average Bonchev–Trinajstić information content (AvgIpc) is 3.15. The second-order valence-corrected chi connectivity index (χ2v) is 6.78. The molecule has 0 N–H and O–H groups in total. The van der Waals surface area contributed by atoms with E-state index in [2.05, 4.69) is 5.10 Å².